The Bertz CT molecular complexity index is 858. The fourth-order valence-corrected chi connectivity index (χ4v) is 3.65. The number of aromatic nitrogens is 2. The average Bonchev–Trinajstić information content (AvgIpc) is 2.92. The van der Waals surface area contributed by atoms with Gasteiger partial charge >= 0.3 is 0 Å². The number of carbonyl (C=O) groups is 1. The van der Waals surface area contributed by atoms with Crippen molar-refractivity contribution in [2.75, 3.05) is 26.0 Å². The average molecular weight is 340 g/mol. The first-order valence-corrected chi connectivity index (χ1v) is 8.63. The Morgan fingerprint density at radius 1 is 1.21 bits per heavy atom. The van der Waals surface area contributed by atoms with Gasteiger partial charge in [-0.3, -0.25) is 4.79 Å². The molecular formula is C18H20N4OS. The van der Waals surface area contributed by atoms with Gasteiger partial charge in [-0.05, 0) is 12.5 Å². The van der Waals surface area contributed by atoms with Crippen molar-refractivity contribution in [2.45, 2.75) is 13.3 Å². The van der Waals surface area contributed by atoms with Gasteiger partial charge < -0.3 is 10.2 Å². The molecule has 2 heterocycles. The van der Waals surface area contributed by atoms with Crippen molar-refractivity contribution in [2.24, 2.45) is 0 Å². The van der Waals surface area contributed by atoms with Gasteiger partial charge in [-0.1, -0.05) is 30.3 Å². The van der Waals surface area contributed by atoms with Crippen molar-refractivity contribution >= 4 is 33.3 Å². The molecule has 0 saturated heterocycles. The Labute approximate surface area is 145 Å². The topological polar surface area (TPSA) is 58.1 Å². The maximum atomic E-state index is 11.7. The number of amides is 1. The number of fused-ring (bicyclic) bond motifs is 1. The van der Waals surface area contributed by atoms with Crippen LogP contribution in [0.2, 0.25) is 0 Å². The van der Waals surface area contributed by atoms with Crippen LogP contribution in [0.1, 0.15) is 11.3 Å². The van der Waals surface area contributed by atoms with Crippen LogP contribution < -0.4 is 5.32 Å². The van der Waals surface area contributed by atoms with Crippen molar-refractivity contribution in [1.29, 1.82) is 0 Å². The molecule has 0 atom stereocenters. The van der Waals surface area contributed by atoms with Gasteiger partial charge in [0.15, 0.2) is 0 Å². The molecular weight excluding hydrogens is 320 g/mol. The Morgan fingerprint density at radius 2 is 1.96 bits per heavy atom. The largest absolute Gasteiger partial charge is 0.369 e. The summed E-state index contributed by atoms with van der Waals surface area (Å²) in [6.45, 7) is 2.65. The van der Waals surface area contributed by atoms with Crippen molar-refractivity contribution < 1.29 is 4.79 Å². The summed E-state index contributed by atoms with van der Waals surface area (Å²) in [6.07, 6.45) is 2.01. The minimum atomic E-state index is 0.0950. The smallest absolute Gasteiger partial charge is 0.223 e. The highest BCUT2D eigenvalue weighted by Crippen LogP contribution is 2.40. The molecule has 1 N–H and O–H groups in total. The molecule has 124 valence electrons. The number of thiophene rings is 1. The Hall–Kier alpha value is -2.47. The number of anilines is 1. The lowest BCUT2D eigenvalue weighted by atomic mass is 10.0. The van der Waals surface area contributed by atoms with E-state index in [1.165, 1.54) is 4.88 Å². The first kappa shape index (κ1) is 16.4. The van der Waals surface area contributed by atoms with E-state index in [9.17, 15) is 4.79 Å². The molecule has 6 heteroatoms. The zero-order valence-electron chi connectivity index (χ0n) is 14.0. The lowest BCUT2D eigenvalue weighted by Gasteiger charge is -2.12. The molecule has 2 aromatic heterocycles. The van der Waals surface area contributed by atoms with E-state index in [-0.39, 0.29) is 5.91 Å². The zero-order valence-corrected chi connectivity index (χ0v) is 14.9. The first-order chi connectivity index (χ1) is 11.6. The van der Waals surface area contributed by atoms with Crippen LogP contribution in [0.5, 0.6) is 0 Å². The van der Waals surface area contributed by atoms with Gasteiger partial charge in [0.2, 0.25) is 5.91 Å². The van der Waals surface area contributed by atoms with Crippen LogP contribution in [0.4, 0.5) is 5.82 Å². The number of rotatable bonds is 5. The molecule has 0 fully saturated rings. The number of nitrogens with zero attached hydrogens (tertiary/aromatic N) is 3. The van der Waals surface area contributed by atoms with Crippen LogP contribution >= 0.6 is 11.3 Å². The van der Waals surface area contributed by atoms with Crippen LogP contribution in [-0.2, 0) is 4.79 Å². The maximum absolute atomic E-state index is 11.7. The van der Waals surface area contributed by atoms with E-state index in [0.29, 0.717) is 13.0 Å². The molecule has 0 bridgehead atoms. The molecule has 3 rings (SSSR count). The number of benzene rings is 1. The minimum Gasteiger partial charge on any atom is -0.369 e. The second kappa shape index (κ2) is 6.97. The van der Waals surface area contributed by atoms with E-state index in [0.717, 1.165) is 27.2 Å². The van der Waals surface area contributed by atoms with Crippen molar-refractivity contribution in [1.82, 2.24) is 14.9 Å². The third-order valence-electron chi connectivity index (χ3n) is 3.86. The number of hydrogen-bond acceptors (Lipinski definition) is 5. The maximum Gasteiger partial charge on any atom is 0.223 e. The third kappa shape index (κ3) is 3.23. The van der Waals surface area contributed by atoms with Crippen molar-refractivity contribution in [3.8, 4) is 11.1 Å². The molecule has 1 amide bonds. The van der Waals surface area contributed by atoms with E-state index in [1.807, 2.05) is 18.2 Å². The van der Waals surface area contributed by atoms with Crippen molar-refractivity contribution in [3.63, 3.8) is 0 Å². The number of aryl methyl sites for hydroxylation is 1. The van der Waals surface area contributed by atoms with E-state index in [2.05, 4.69) is 34.3 Å². The standard InChI is InChI=1S/C18H20N4OS/c1-12-15(13-7-5-4-6-8-13)16-17(20-11-21-18(16)24-12)19-10-9-14(23)22(2)3/h4-8,11H,9-10H2,1-3H3,(H,19,20,21). The molecule has 5 nitrogen and oxygen atoms in total. The summed E-state index contributed by atoms with van der Waals surface area (Å²) >= 11 is 1.67. The normalized spacial score (nSPS) is 10.8. The van der Waals surface area contributed by atoms with Gasteiger partial charge in [0, 0.05) is 37.5 Å². The van der Waals surface area contributed by atoms with Crippen LogP contribution in [0.3, 0.4) is 0 Å². The molecule has 24 heavy (non-hydrogen) atoms. The lowest BCUT2D eigenvalue weighted by Crippen LogP contribution is -2.24. The summed E-state index contributed by atoms with van der Waals surface area (Å²) < 4.78 is 0. The first-order valence-electron chi connectivity index (χ1n) is 7.81. The van der Waals surface area contributed by atoms with Crippen LogP contribution in [-0.4, -0.2) is 41.4 Å². The summed E-state index contributed by atoms with van der Waals surface area (Å²) in [7, 11) is 3.53. The molecule has 0 aliphatic carbocycles. The van der Waals surface area contributed by atoms with Gasteiger partial charge in [0.1, 0.15) is 17.0 Å². The van der Waals surface area contributed by atoms with Crippen LogP contribution in [0.15, 0.2) is 36.7 Å². The Kier molecular flexibility index (Phi) is 4.76. The zero-order chi connectivity index (χ0) is 17.1. The van der Waals surface area contributed by atoms with E-state index in [4.69, 9.17) is 0 Å². The predicted molar refractivity (Wildman–Crippen MR) is 99.4 cm³/mol. The SMILES string of the molecule is Cc1sc2ncnc(NCCC(=O)N(C)C)c2c1-c1ccccc1. The highest BCUT2D eigenvalue weighted by molar-refractivity contribution is 7.19. The van der Waals surface area contributed by atoms with Crippen molar-refractivity contribution in [3.05, 3.63) is 41.5 Å². The van der Waals surface area contributed by atoms with Gasteiger partial charge in [-0.2, -0.15) is 0 Å². The van der Waals surface area contributed by atoms with Crippen LogP contribution in [0.25, 0.3) is 21.3 Å². The molecule has 3 aromatic rings. The summed E-state index contributed by atoms with van der Waals surface area (Å²) in [5, 5.41) is 4.34. The highest BCUT2D eigenvalue weighted by Gasteiger charge is 2.16. The quantitative estimate of drug-likeness (QED) is 0.771. The summed E-state index contributed by atoms with van der Waals surface area (Å²) in [5.41, 5.74) is 2.32. The predicted octanol–water partition coefficient (Wildman–Crippen LogP) is 3.56. The fourth-order valence-electron chi connectivity index (χ4n) is 2.64. The van der Waals surface area contributed by atoms with Gasteiger partial charge in [-0.25, -0.2) is 9.97 Å². The molecule has 0 aliphatic heterocycles. The minimum absolute atomic E-state index is 0.0950. The number of nitrogens with one attached hydrogen (secondary N) is 1. The monoisotopic (exact) mass is 340 g/mol. The molecule has 0 aliphatic rings. The number of carbonyl (C=O) groups excluding carboxylic acids is 1. The van der Waals surface area contributed by atoms with E-state index >= 15 is 0 Å². The summed E-state index contributed by atoms with van der Waals surface area (Å²) in [5.74, 6) is 0.882. The molecule has 0 spiro atoms. The number of hydrogen-bond donors (Lipinski definition) is 1. The molecule has 0 radical (unpaired) electrons. The van der Waals surface area contributed by atoms with E-state index in [1.54, 1.807) is 36.7 Å². The molecule has 0 saturated carbocycles. The van der Waals surface area contributed by atoms with Gasteiger partial charge in [-0.15, -0.1) is 11.3 Å². The summed E-state index contributed by atoms with van der Waals surface area (Å²) in [4.78, 5) is 24.3. The third-order valence-corrected chi connectivity index (χ3v) is 4.87. The Morgan fingerprint density at radius 3 is 2.67 bits per heavy atom. The summed E-state index contributed by atoms with van der Waals surface area (Å²) in [6, 6.07) is 10.3. The molecule has 1 aromatic carbocycles. The van der Waals surface area contributed by atoms with Gasteiger partial charge in [0.25, 0.3) is 0 Å². The van der Waals surface area contributed by atoms with Gasteiger partial charge in [0.05, 0.1) is 5.39 Å². The second-order valence-corrected chi connectivity index (χ2v) is 6.97. The van der Waals surface area contributed by atoms with E-state index < -0.39 is 0 Å². The Balaban J connectivity index is 1.96. The fraction of sp³-hybridized carbons (Fsp3) is 0.278. The molecule has 0 unspecified atom stereocenters. The van der Waals surface area contributed by atoms with Crippen LogP contribution in [0, 0.1) is 6.92 Å². The second-order valence-electron chi connectivity index (χ2n) is 5.77. The highest BCUT2D eigenvalue weighted by atomic mass is 32.1. The lowest BCUT2D eigenvalue weighted by molar-refractivity contribution is -0.128.